The van der Waals surface area contributed by atoms with Gasteiger partial charge >= 0.3 is 0 Å². The van der Waals surface area contributed by atoms with Crippen molar-refractivity contribution in [3.05, 3.63) is 82.9 Å². The second kappa shape index (κ2) is 10.8. The minimum absolute atomic E-state index is 0.0919. The van der Waals surface area contributed by atoms with Crippen LogP contribution in [0.5, 0.6) is 11.5 Å². The summed E-state index contributed by atoms with van der Waals surface area (Å²) in [6, 6.07) is 21.0. The van der Waals surface area contributed by atoms with E-state index < -0.39 is 0 Å². The number of rotatable bonds is 8. The number of carbonyl (C=O) groups is 1. The number of carbonyl (C=O) groups excluding carboxylic acids is 1. The molecule has 6 heteroatoms. The molecule has 3 aromatic carbocycles. The molecule has 2 N–H and O–H groups in total. The summed E-state index contributed by atoms with van der Waals surface area (Å²) in [5.41, 5.74) is 6.51. The highest BCUT2D eigenvalue weighted by molar-refractivity contribution is 7.22. The highest BCUT2D eigenvalue weighted by Crippen LogP contribution is 2.41. The summed E-state index contributed by atoms with van der Waals surface area (Å²) in [4.78, 5) is 15.2. The van der Waals surface area contributed by atoms with Crippen LogP contribution in [0.4, 0.5) is 0 Å². The number of amides is 1. The summed E-state index contributed by atoms with van der Waals surface area (Å²) < 4.78 is 7.05. The van der Waals surface area contributed by atoms with Crippen LogP contribution < -0.4 is 10.1 Å². The second-order valence-electron chi connectivity index (χ2n) is 10.6. The van der Waals surface area contributed by atoms with Crippen molar-refractivity contribution in [2.75, 3.05) is 19.7 Å². The van der Waals surface area contributed by atoms with Crippen LogP contribution in [-0.2, 0) is 17.8 Å². The number of fused-ring (bicyclic) bond motifs is 1. The minimum Gasteiger partial charge on any atom is -0.508 e. The number of likely N-dealkylation sites (tertiary alicyclic amines) is 1. The third-order valence-electron chi connectivity index (χ3n) is 7.81. The summed E-state index contributed by atoms with van der Waals surface area (Å²) in [5, 5.41) is 14.3. The first-order valence-electron chi connectivity index (χ1n) is 13.6. The van der Waals surface area contributed by atoms with E-state index in [1.807, 2.05) is 24.3 Å². The predicted molar refractivity (Wildman–Crippen MR) is 154 cm³/mol. The molecule has 0 saturated carbocycles. The predicted octanol–water partition coefficient (Wildman–Crippen LogP) is 6.43. The van der Waals surface area contributed by atoms with Crippen molar-refractivity contribution >= 4 is 27.3 Å². The van der Waals surface area contributed by atoms with Gasteiger partial charge < -0.3 is 15.2 Å². The summed E-state index contributed by atoms with van der Waals surface area (Å²) in [5.74, 6) is 1.20. The van der Waals surface area contributed by atoms with E-state index in [1.54, 1.807) is 17.4 Å². The monoisotopic (exact) mass is 526 g/mol. The standard InChI is InChI=1S/C32H34N2O3S/c1-21-16-22(4-5-24(21)19-34-14-2-3-15-34)17-29-28-12-9-26(35)18-30(28)38-32(29)23-6-10-27(11-7-23)37-20-25-8-13-31(36)33-25/h4-7,9-12,16,18,25,35H,2-3,8,13-15,17,19-20H2,1H3,(H,33,36)/t25-/m0/s1. The van der Waals surface area contributed by atoms with Crippen LogP contribution in [0, 0.1) is 6.92 Å². The molecule has 3 heterocycles. The van der Waals surface area contributed by atoms with Gasteiger partial charge in [0.2, 0.25) is 5.91 Å². The average Bonchev–Trinajstić information content (AvgIpc) is 3.66. The molecule has 1 amide bonds. The Morgan fingerprint density at radius 1 is 1.05 bits per heavy atom. The van der Waals surface area contributed by atoms with Gasteiger partial charge in [0.15, 0.2) is 0 Å². The number of benzene rings is 3. The Morgan fingerprint density at radius 3 is 2.61 bits per heavy atom. The van der Waals surface area contributed by atoms with Crippen LogP contribution in [0.25, 0.3) is 20.5 Å². The van der Waals surface area contributed by atoms with Crippen LogP contribution >= 0.6 is 11.3 Å². The molecule has 2 aliphatic rings. The molecule has 2 fully saturated rings. The SMILES string of the molecule is Cc1cc(Cc2c(-c3ccc(OC[C@@H]4CCC(=O)N4)cc3)sc3cc(O)ccc23)ccc1CN1CCCC1. The first kappa shape index (κ1) is 25.0. The Labute approximate surface area is 228 Å². The maximum absolute atomic E-state index is 11.4. The van der Waals surface area contributed by atoms with Crippen LogP contribution in [-0.4, -0.2) is 41.7 Å². The number of ether oxygens (including phenoxy) is 1. The molecule has 0 radical (unpaired) electrons. The van der Waals surface area contributed by atoms with Gasteiger partial charge in [-0.2, -0.15) is 0 Å². The fourth-order valence-corrected chi connectivity index (χ4v) is 6.94. The molecule has 6 rings (SSSR count). The Morgan fingerprint density at radius 2 is 1.87 bits per heavy atom. The van der Waals surface area contributed by atoms with E-state index >= 15 is 0 Å². The fraction of sp³-hybridized carbons (Fsp3) is 0.344. The lowest BCUT2D eigenvalue weighted by atomic mass is 9.96. The molecule has 0 spiro atoms. The lowest BCUT2D eigenvalue weighted by molar-refractivity contribution is -0.119. The number of phenolic OH excluding ortho intramolecular Hbond substituents is 1. The topological polar surface area (TPSA) is 61.8 Å². The molecule has 4 aromatic rings. The first-order chi connectivity index (χ1) is 18.5. The summed E-state index contributed by atoms with van der Waals surface area (Å²) >= 11 is 1.72. The zero-order valence-electron chi connectivity index (χ0n) is 21.8. The summed E-state index contributed by atoms with van der Waals surface area (Å²) in [6.07, 6.45) is 4.87. The Balaban J connectivity index is 1.25. The lowest BCUT2D eigenvalue weighted by Crippen LogP contribution is -2.30. The summed E-state index contributed by atoms with van der Waals surface area (Å²) in [7, 11) is 0. The van der Waals surface area contributed by atoms with Gasteiger partial charge in [0.25, 0.3) is 0 Å². The number of nitrogens with one attached hydrogen (secondary N) is 1. The second-order valence-corrected chi connectivity index (χ2v) is 11.7. The van der Waals surface area contributed by atoms with E-state index in [0.717, 1.165) is 35.4 Å². The maximum Gasteiger partial charge on any atom is 0.220 e. The van der Waals surface area contributed by atoms with Gasteiger partial charge in [0.05, 0.1) is 6.04 Å². The zero-order valence-corrected chi connectivity index (χ0v) is 22.7. The van der Waals surface area contributed by atoms with Gasteiger partial charge in [-0.05, 0) is 121 Å². The van der Waals surface area contributed by atoms with Crippen molar-refractivity contribution in [2.45, 2.75) is 51.6 Å². The van der Waals surface area contributed by atoms with Gasteiger partial charge in [0.1, 0.15) is 18.1 Å². The maximum atomic E-state index is 11.4. The van der Waals surface area contributed by atoms with Gasteiger partial charge in [-0.1, -0.05) is 18.2 Å². The Bertz CT molecular complexity index is 1450. The van der Waals surface area contributed by atoms with Gasteiger partial charge in [0, 0.05) is 22.5 Å². The zero-order chi connectivity index (χ0) is 26.1. The number of aryl methyl sites for hydroxylation is 1. The van der Waals surface area contributed by atoms with Crippen molar-refractivity contribution in [1.29, 1.82) is 0 Å². The van der Waals surface area contributed by atoms with Crippen molar-refractivity contribution in [3.63, 3.8) is 0 Å². The highest BCUT2D eigenvalue weighted by atomic mass is 32.1. The highest BCUT2D eigenvalue weighted by Gasteiger charge is 2.21. The van der Waals surface area contributed by atoms with Crippen LogP contribution in [0.2, 0.25) is 0 Å². The largest absolute Gasteiger partial charge is 0.508 e. The molecule has 2 saturated heterocycles. The van der Waals surface area contributed by atoms with E-state index in [2.05, 4.69) is 47.5 Å². The molecule has 0 aliphatic carbocycles. The molecule has 196 valence electrons. The van der Waals surface area contributed by atoms with Gasteiger partial charge in [-0.15, -0.1) is 11.3 Å². The Kier molecular flexibility index (Phi) is 7.09. The van der Waals surface area contributed by atoms with Gasteiger partial charge in [-0.3, -0.25) is 9.69 Å². The third kappa shape index (κ3) is 5.42. The van der Waals surface area contributed by atoms with E-state index in [-0.39, 0.29) is 11.9 Å². The molecular formula is C32H34N2O3S. The smallest absolute Gasteiger partial charge is 0.220 e. The van der Waals surface area contributed by atoms with Gasteiger partial charge in [-0.25, -0.2) is 0 Å². The quantitative estimate of drug-likeness (QED) is 0.278. The summed E-state index contributed by atoms with van der Waals surface area (Å²) in [6.45, 7) is 6.18. The van der Waals surface area contributed by atoms with Crippen LogP contribution in [0.15, 0.2) is 60.7 Å². The Hall–Kier alpha value is -3.35. The third-order valence-corrected chi connectivity index (χ3v) is 9.05. The number of hydrogen-bond donors (Lipinski definition) is 2. The molecule has 2 aliphatic heterocycles. The molecule has 1 atom stereocenters. The number of aromatic hydroxyl groups is 1. The number of thiophene rings is 1. The molecule has 0 bridgehead atoms. The van der Waals surface area contributed by atoms with Crippen LogP contribution in [0.3, 0.4) is 0 Å². The fourth-order valence-electron chi connectivity index (χ4n) is 5.68. The molecule has 0 unspecified atom stereocenters. The van der Waals surface area contributed by atoms with Crippen molar-refractivity contribution in [2.24, 2.45) is 0 Å². The van der Waals surface area contributed by atoms with Crippen molar-refractivity contribution < 1.29 is 14.6 Å². The first-order valence-corrected chi connectivity index (χ1v) is 14.4. The van der Waals surface area contributed by atoms with E-state index in [0.29, 0.717) is 18.8 Å². The van der Waals surface area contributed by atoms with Crippen molar-refractivity contribution in [1.82, 2.24) is 10.2 Å². The minimum atomic E-state index is 0.0919. The number of nitrogens with zero attached hydrogens (tertiary/aromatic N) is 1. The number of phenols is 1. The molecule has 38 heavy (non-hydrogen) atoms. The molecule has 5 nitrogen and oxygen atoms in total. The van der Waals surface area contributed by atoms with E-state index in [4.69, 9.17) is 4.74 Å². The van der Waals surface area contributed by atoms with E-state index in [9.17, 15) is 9.90 Å². The molecular weight excluding hydrogens is 492 g/mol. The molecule has 1 aromatic heterocycles. The average molecular weight is 527 g/mol. The lowest BCUT2D eigenvalue weighted by Gasteiger charge is -2.17. The number of hydrogen-bond acceptors (Lipinski definition) is 5. The van der Waals surface area contributed by atoms with Crippen molar-refractivity contribution in [3.8, 4) is 21.9 Å². The van der Waals surface area contributed by atoms with Crippen LogP contribution in [0.1, 0.15) is 47.9 Å². The van der Waals surface area contributed by atoms with E-state index in [1.165, 1.54) is 58.4 Å². The normalized spacial score (nSPS) is 17.8.